The van der Waals surface area contributed by atoms with Gasteiger partial charge in [-0.3, -0.25) is 0 Å². The van der Waals surface area contributed by atoms with Crippen molar-refractivity contribution in [1.82, 2.24) is 9.97 Å². The predicted octanol–water partition coefficient (Wildman–Crippen LogP) is 9.67. The molecule has 7 aromatic rings. The van der Waals surface area contributed by atoms with E-state index >= 15 is 0 Å². The van der Waals surface area contributed by atoms with E-state index in [9.17, 15) is 0 Å². The second kappa shape index (κ2) is 10.9. The SMILES string of the molecule is [Pt+2].[c-]1c(Oc2[c-]c(-c3ncc4c5c(cccc35)-c3ccccc3-c3ccccc3-4)ccc2)cccc1-c1ccccn1. The van der Waals surface area contributed by atoms with Gasteiger partial charge in [-0.2, -0.15) is 0 Å². The fourth-order valence-corrected chi connectivity index (χ4v) is 5.79. The zero-order chi connectivity index (χ0) is 27.2. The molecule has 200 valence electrons. The molecule has 0 saturated heterocycles. The van der Waals surface area contributed by atoms with E-state index < -0.39 is 0 Å². The summed E-state index contributed by atoms with van der Waals surface area (Å²) in [5.74, 6) is 1.21. The molecule has 0 N–H and O–H groups in total. The van der Waals surface area contributed by atoms with E-state index in [0.29, 0.717) is 11.5 Å². The molecule has 0 spiro atoms. The fraction of sp³-hybridized carbons (Fsp3) is 0. The molecule has 5 aromatic carbocycles. The maximum atomic E-state index is 6.24. The second-order valence-electron chi connectivity index (χ2n) is 10.0. The van der Waals surface area contributed by atoms with Crippen LogP contribution in [-0.2, 0) is 21.1 Å². The largest absolute Gasteiger partial charge is 2.00 e. The summed E-state index contributed by atoms with van der Waals surface area (Å²) in [6.07, 6.45) is 3.79. The van der Waals surface area contributed by atoms with Crippen LogP contribution in [0.2, 0.25) is 0 Å². The Morgan fingerprint density at radius 1 is 0.476 bits per heavy atom. The van der Waals surface area contributed by atoms with Crippen molar-refractivity contribution < 1.29 is 25.8 Å². The molecule has 0 atom stereocenters. The van der Waals surface area contributed by atoms with Crippen molar-refractivity contribution in [2.45, 2.75) is 0 Å². The Kier molecular flexibility index (Phi) is 6.74. The summed E-state index contributed by atoms with van der Waals surface area (Å²) in [6, 6.07) is 48.1. The Morgan fingerprint density at radius 3 is 1.74 bits per heavy atom. The van der Waals surface area contributed by atoms with E-state index in [1.165, 1.54) is 33.2 Å². The molecule has 42 heavy (non-hydrogen) atoms. The zero-order valence-corrected chi connectivity index (χ0v) is 24.6. The molecule has 1 aliphatic rings. The smallest absolute Gasteiger partial charge is 0.497 e. The van der Waals surface area contributed by atoms with Gasteiger partial charge in [0.1, 0.15) is 0 Å². The first-order chi connectivity index (χ1) is 20.3. The molecule has 3 nitrogen and oxygen atoms in total. The summed E-state index contributed by atoms with van der Waals surface area (Å²) >= 11 is 0. The third kappa shape index (κ3) is 4.43. The van der Waals surface area contributed by atoms with Crippen LogP contribution in [-0.4, -0.2) is 9.97 Å². The van der Waals surface area contributed by atoms with Crippen molar-refractivity contribution in [1.29, 1.82) is 0 Å². The van der Waals surface area contributed by atoms with Gasteiger partial charge in [0.2, 0.25) is 0 Å². The van der Waals surface area contributed by atoms with Crippen molar-refractivity contribution in [2.24, 2.45) is 0 Å². The van der Waals surface area contributed by atoms with Gasteiger partial charge in [0.25, 0.3) is 0 Å². The number of benzene rings is 5. The fourth-order valence-electron chi connectivity index (χ4n) is 5.79. The van der Waals surface area contributed by atoms with Crippen LogP contribution >= 0.6 is 0 Å². The topological polar surface area (TPSA) is 35.0 Å². The Morgan fingerprint density at radius 2 is 1.05 bits per heavy atom. The standard InChI is InChI=1S/C38H22N2O.Pt/c1-3-16-31-29(14-1)30-15-2-4-17-32(30)35-24-40-38(34-19-9-18-33(31)37(34)35)26-11-8-13-28(23-26)41-27-12-7-10-25(22-27)36-20-5-6-21-39-36;/h1-21,24H;/q-2;+2. The average Bonchev–Trinajstić information content (AvgIpc) is 3.16. The van der Waals surface area contributed by atoms with Crippen LogP contribution in [0.3, 0.4) is 0 Å². The number of ether oxygens (including phenoxy) is 1. The van der Waals surface area contributed by atoms with E-state index in [4.69, 9.17) is 9.72 Å². The summed E-state index contributed by atoms with van der Waals surface area (Å²) in [6.45, 7) is 0. The minimum atomic E-state index is 0. The molecule has 0 fully saturated rings. The number of hydrogen-bond donors (Lipinski definition) is 0. The quantitative estimate of drug-likeness (QED) is 0.170. The number of aromatic nitrogens is 2. The first-order valence-electron chi connectivity index (χ1n) is 13.6. The van der Waals surface area contributed by atoms with Crippen molar-refractivity contribution in [3.63, 3.8) is 0 Å². The van der Waals surface area contributed by atoms with Crippen molar-refractivity contribution in [3.05, 3.63) is 146 Å². The molecule has 0 aliphatic heterocycles. The van der Waals surface area contributed by atoms with E-state index in [-0.39, 0.29) is 21.1 Å². The van der Waals surface area contributed by atoms with Crippen LogP contribution in [0.25, 0.3) is 66.7 Å². The molecule has 4 heteroatoms. The van der Waals surface area contributed by atoms with Gasteiger partial charge in [-0.15, -0.1) is 47.5 Å². The van der Waals surface area contributed by atoms with Crippen molar-refractivity contribution in [3.8, 4) is 67.4 Å². The van der Waals surface area contributed by atoms with Gasteiger partial charge in [0.15, 0.2) is 0 Å². The maximum absolute atomic E-state index is 6.24. The van der Waals surface area contributed by atoms with Crippen LogP contribution in [0.1, 0.15) is 0 Å². The monoisotopic (exact) mass is 717 g/mol. The zero-order valence-electron chi connectivity index (χ0n) is 22.3. The number of pyridine rings is 2. The van der Waals surface area contributed by atoms with Gasteiger partial charge >= 0.3 is 21.1 Å². The third-order valence-electron chi connectivity index (χ3n) is 7.59. The van der Waals surface area contributed by atoms with Crippen LogP contribution in [0.4, 0.5) is 0 Å². The molecule has 2 heterocycles. The number of rotatable bonds is 4. The summed E-state index contributed by atoms with van der Waals surface area (Å²) in [5, 5.41) is 2.29. The van der Waals surface area contributed by atoms with E-state index in [1.807, 2.05) is 60.8 Å². The van der Waals surface area contributed by atoms with Gasteiger partial charge in [0.05, 0.1) is 0 Å². The number of nitrogens with zero attached hydrogens (tertiary/aromatic N) is 2. The van der Waals surface area contributed by atoms with Crippen LogP contribution in [0.15, 0.2) is 134 Å². The molecule has 1 aliphatic carbocycles. The number of fused-ring (bicyclic) bond motifs is 5. The van der Waals surface area contributed by atoms with E-state index in [2.05, 4.69) is 83.8 Å². The average molecular weight is 718 g/mol. The third-order valence-corrected chi connectivity index (χ3v) is 7.59. The summed E-state index contributed by atoms with van der Waals surface area (Å²) < 4.78 is 6.24. The first kappa shape index (κ1) is 26.1. The van der Waals surface area contributed by atoms with E-state index in [1.54, 1.807) is 6.20 Å². The van der Waals surface area contributed by atoms with Crippen LogP contribution in [0, 0.1) is 12.1 Å². The summed E-state index contributed by atoms with van der Waals surface area (Å²) in [5.41, 5.74) is 10.7. The molecule has 0 unspecified atom stereocenters. The Hall–Kier alpha value is -4.85. The Bertz CT molecular complexity index is 2040. The Balaban J connectivity index is 0.00000288. The van der Waals surface area contributed by atoms with E-state index in [0.717, 1.165) is 33.5 Å². The summed E-state index contributed by atoms with van der Waals surface area (Å²) in [7, 11) is 0. The number of hydrogen-bond acceptors (Lipinski definition) is 3. The molecule has 8 rings (SSSR count). The molecule has 0 saturated carbocycles. The minimum Gasteiger partial charge on any atom is -0.497 e. The van der Waals surface area contributed by atoms with Gasteiger partial charge in [-0.25, -0.2) is 0 Å². The molecule has 0 radical (unpaired) electrons. The first-order valence-corrected chi connectivity index (χ1v) is 13.6. The van der Waals surface area contributed by atoms with Crippen LogP contribution in [0.5, 0.6) is 11.5 Å². The second-order valence-corrected chi connectivity index (χ2v) is 10.0. The van der Waals surface area contributed by atoms with Gasteiger partial charge < -0.3 is 14.7 Å². The van der Waals surface area contributed by atoms with Gasteiger partial charge in [-0.1, -0.05) is 91.0 Å². The Labute approximate surface area is 258 Å². The van der Waals surface area contributed by atoms with Gasteiger partial charge in [-0.05, 0) is 56.0 Å². The minimum absolute atomic E-state index is 0. The molecule has 0 bridgehead atoms. The van der Waals surface area contributed by atoms with Gasteiger partial charge in [0, 0.05) is 29.5 Å². The molecule has 2 aromatic heterocycles. The summed E-state index contributed by atoms with van der Waals surface area (Å²) in [4.78, 5) is 9.46. The van der Waals surface area contributed by atoms with Crippen LogP contribution < -0.4 is 4.74 Å². The van der Waals surface area contributed by atoms with Crippen molar-refractivity contribution in [2.75, 3.05) is 0 Å². The maximum Gasteiger partial charge on any atom is 2.00 e. The molecular formula is C38H22N2OPt. The molecule has 0 amide bonds. The molecular weight excluding hydrogens is 696 g/mol. The normalized spacial score (nSPS) is 11.1. The van der Waals surface area contributed by atoms with Crippen molar-refractivity contribution >= 4 is 10.8 Å². The predicted molar refractivity (Wildman–Crippen MR) is 164 cm³/mol.